The number of Topliss-reactive ketones (excluding diaryl/α,β-unsaturated/α-hetero) is 1. The molecule has 0 unspecified atom stereocenters. The van der Waals surface area contributed by atoms with Crippen LogP contribution in [0.4, 0.5) is 0 Å². The Balaban J connectivity index is 2.17. The van der Waals surface area contributed by atoms with Gasteiger partial charge < -0.3 is 0 Å². The summed E-state index contributed by atoms with van der Waals surface area (Å²) in [5.74, 6) is 0.759. The van der Waals surface area contributed by atoms with Crippen LogP contribution < -0.4 is 4.72 Å². The van der Waals surface area contributed by atoms with Gasteiger partial charge in [-0.1, -0.05) is 43.7 Å². The molecule has 25 heavy (non-hydrogen) atoms. The van der Waals surface area contributed by atoms with Crippen molar-refractivity contribution in [3.63, 3.8) is 0 Å². The molecule has 0 spiro atoms. The van der Waals surface area contributed by atoms with Gasteiger partial charge in [0.15, 0.2) is 0 Å². The second kappa shape index (κ2) is 9.09. The Morgan fingerprint density at radius 2 is 1.92 bits per heavy atom. The predicted molar refractivity (Wildman–Crippen MR) is 106 cm³/mol. The molecule has 1 N–H and O–H groups in total. The van der Waals surface area contributed by atoms with Gasteiger partial charge in [0.2, 0.25) is 0 Å². The highest BCUT2D eigenvalue weighted by Crippen LogP contribution is 2.34. The summed E-state index contributed by atoms with van der Waals surface area (Å²) in [4.78, 5) is 12.7. The molecule has 140 valence electrons. The number of aryl methyl sites for hydroxylation is 1. The van der Waals surface area contributed by atoms with Gasteiger partial charge in [0.05, 0.1) is 15.7 Å². The van der Waals surface area contributed by atoms with Crippen molar-refractivity contribution in [2.75, 3.05) is 0 Å². The number of hydrogen-bond donors (Lipinski definition) is 1. The zero-order valence-electron chi connectivity index (χ0n) is 16.1. The van der Waals surface area contributed by atoms with E-state index >= 15 is 0 Å². The van der Waals surface area contributed by atoms with Crippen LogP contribution >= 0.6 is 0 Å². The third-order valence-corrected chi connectivity index (χ3v) is 6.87. The fourth-order valence-electron chi connectivity index (χ4n) is 3.75. The van der Waals surface area contributed by atoms with Crippen molar-refractivity contribution in [2.45, 2.75) is 77.0 Å². The van der Waals surface area contributed by atoms with Crippen LogP contribution in [0.5, 0.6) is 0 Å². The Bertz CT molecular complexity index is 579. The van der Waals surface area contributed by atoms with Crippen molar-refractivity contribution < 1.29 is 9.00 Å². The van der Waals surface area contributed by atoms with Crippen LogP contribution in [-0.4, -0.2) is 20.8 Å². The number of nitrogens with one attached hydrogen (secondary N) is 1. The number of carbonyl (C=O) groups is 1. The summed E-state index contributed by atoms with van der Waals surface area (Å²) < 4.78 is 15.7. The van der Waals surface area contributed by atoms with Crippen molar-refractivity contribution >= 4 is 16.8 Å². The molecule has 0 amide bonds. The first-order valence-electron chi connectivity index (χ1n) is 9.57. The summed E-state index contributed by atoms with van der Waals surface area (Å²) in [6, 6.07) is 10.3. The lowest BCUT2D eigenvalue weighted by Gasteiger charge is -2.37. The highest BCUT2D eigenvalue weighted by atomic mass is 32.2. The molecule has 0 bridgehead atoms. The van der Waals surface area contributed by atoms with Crippen LogP contribution in [0.3, 0.4) is 0 Å². The van der Waals surface area contributed by atoms with Crippen molar-refractivity contribution in [1.29, 1.82) is 0 Å². The molecular formula is C21H33NO2S. The Hall–Kier alpha value is -1.00. The van der Waals surface area contributed by atoms with Crippen molar-refractivity contribution in [3.05, 3.63) is 35.9 Å². The predicted octanol–water partition coefficient (Wildman–Crippen LogP) is 4.44. The van der Waals surface area contributed by atoms with E-state index in [2.05, 4.69) is 23.8 Å². The summed E-state index contributed by atoms with van der Waals surface area (Å²) in [7, 11) is -1.16. The largest absolute Gasteiger partial charge is 0.299 e. The molecule has 4 atom stereocenters. The lowest BCUT2D eigenvalue weighted by atomic mass is 9.72. The lowest BCUT2D eigenvalue weighted by Crippen LogP contribution is -2.49. The van der Waals surface area contributed by atoms with Crippen LogP contribution in [0.15, 0.2) is 30.3 Å². The van der Waals surface area contributed by atoms with Gasteiger partial charge >= 0.3 is 0 Å². The zero-order valence-corrected chi connectivity index (χ0v) is 16.9. The summed E-state index contributed by atoms with van der Waals surface area (Å²) in [6.45, 7) is 8.10. The highest BCUT2D eigenvalue weighted by molar-refractivity contribution is 7.84. The van der Waals surface area contributed by atoms with Gasteiger partial charge in [-0.15, -0.1) is 0 Å². The average molecular weight is 364 g/mol. The fraction of sp³-hybridized carbons (Fsp3) is 0.667. The molecule has 1 saturated carbocycles. The normalized spacial score (nSPS) is 24.1. The molecule has 2 rings (SSSR count). The molecule has 3 nitrogen and oxygen atoms in total. The highest BCUT2D eigenvalue weighted by Gasteiger charge is 2.38. The molecular weight excluding hydrogens is 330 g/mol. The molecule has 0 saturated heterocycles. The van der Waals surface area contributed by atoms with Crippen LogP contribution in [0.2, 0.25) is 0 Å². The minimum Gasteiger partial charge on any atom is -0.299 e. The number of ketones is 1. The van der Waals surface area contributed by atoms with E-state index in [0.29, 0.717) is 18.1 Å². The molecule has 0 aromatic heterocycles. The maximum atomic E-state index is 12.7. The third-order valence-electron chi connectivity index (χ3n) is 5.24. The molecule has 1 aromatic rings. The van der Waals surface area contributed by atoms with Gasteiger partial charge in [0, 0.05) is 18.4 Å². The molecule has 0 radical (unpaired) electrons. The van der Waals surface area contributed by atoms with Crippen LogP contribution in [0.1, 0.15) is 65.4 Å². The maximum Gasteiger partial charge on any atom is 0.137 e. The first-order valence-corrected chi connectivity index (χ1v) is 10.7. The Morgan fingerprint density at radius 1 is 1.24 bits per heavy atom. The molecule has 1 aliphatic rings. The molecule has 4 heteroatoms. The number of hydrogen-bond acceptors (Lipinski definition) is 2. The zero-order chi connectivity index (χ0) is 18.4. The second-order valence-corrected chi connectivity index (χ2v) is 10.2. The molecule has 1 aliphatic carbocycles. The van der Waals surface area contributed by atoms with Crippen molar-refractivity contribution in [2.24, 2.45) is 11.8 Å². The smallest absolute Gasteiger partial charge is 0.137 e. The van der Waals surface area contributed by atoms with Crippen molar-refractivity contribution in [3.8, 4) is 0 Å². The molecule has 0 aliphatic heterocycles. The van der Waals surface area contributed by atoms with Gasteiger partial charge in [-0.3, -0.25) is 4.79 Å². The van der Waals surface area contributed by atoms with E-state index < -0.39 is 11.0 Å². The van der Waals surface area contributed by atoms with Gasteiger partial charge in [-0.25, -0.2) is 8.93 Å². The van der Waals surface area contributed by atoms with Crippen LogP contribution in [-0.2, 0) is 22.2 Å². The van der Waals surface area contributed by atoms with E-state index in [4.69, 9.17) is 0 Å². The van der Waals surface area contributed by atoms with Crippen LogP contribution in [0.25, 0.3) is 0 Å². The van der Waals surface area contributed by atoms with Gasteiger partial charge in [0.25, 0.3) is 0 Å². The van der Waals surface area contributed by atoms with E-state index in [1.807, 2.05) is 39.0 Å². The summed E-state index contributed by atoms with van der Waals surface area (Å²) in [6.07, 6.45) is 5.55. The monoisotopic (exact) mass is 363 g/mol. The third kappa shape index (κ3) is 5.75. The Morgan fingerprint density at radius 3 is 2.52 bits per heavy atom. The first-order chi connectivity index (χ1) is 11.8. The minimum atomic E-state index is -1.16. The second-order valence-electron chi connectivity index (χ2n) is 8.18. The minimum absolute atomic E-state index is 0.00578. The average Bonchev–Trinajstić information content (AvgIpc) is 2.58. The molecule has 0 heterocycles. The van der Waals surface area contributed by atoms with E-state index in [-0.39, 0.29) is 16.7 Å². The fourth-order valence-corrected chi connectivity index (χ4v) is 4.64. The first kappa shape index (κ1) is 20.3. The summed E-state index contributed by atoms with van der Waals surface area (Å²) >= 11 is 0. The topological polar surface area (TPSA) is 46.2 Å². The standard InChI is InChI=1S/C21H33NO2S/c1-5-17-12-9-13-19(23)20(17)18(22-25(24)21(2,3)4)15-14-16-10-7-6-8-11-16/h6-8,10-11,17-18,20,22H,5,9,12-15H2,1-4H3/t17-,18-,20-,25-/m1/s1. The summed E-state index contributed by atoms with van der Waals surface area (Å²) in [5, 5.41) is 0. The maximum absolute atomic E-state index is 12.7. The van der Waals surface area contributed by atoms with Crippen LogP contribution in [0, 0.1) is 11.8 Å². The van der Waals surface area contributed by atoms with E-state index in [1.165, 1.54) is 5.56 Å². The number of carbonyl (C=O) groups excluding carboxylic acids is 1. The number of rotatable bonds is 7. The van der Waals surface area contributed by atoms with Crippen molar-refractivity contribution in [1.82, 2.24) is 4.72 Å². The Kier molecular flexibility index (Phi) is 7.38. The van der Waals surface area contributed by atoms with Gasteiger partial charge in [0.1, 0.15) is 5.78 Å². The molecule has 1 fully saturated rings. The van der Waals surface area contributed by atoms with E-state index in [1.54, 1.807) is 0 Å². The summed E-state index contributed by atoms with van der Waals surface area (Å²) in [5.41, 5.74) is 1.27. The van der Waals surface area contributed by atoms with E-state index in [9.17, 15) is 9.00 Å². The quantitative estimate of drug-likeness (QED) is 0.779. The Labute approximate surface area is 155 Å². The number of benzene rings is 1. The SMILES string of the molecule is CC[C@@H]1CCCC(=O)[C@H]1[C@@H](CCc1ccccc1)N[S@](=O)C(C)(C)C. The van der Waals surface area contributed by atoms with E-state index in [0.717, 1.165) is 32.1 Å². The van der Waals surface area contributed by atoms with Gasteiger partial charge in [-0.2, -0.15) is 0 Å². The lowest BCUT2D eigenvalue weighted by molar-refractivity contribution is -0.127. The van der Waals surface area contributed by atoms with Gasteiger partial charge in [-0.05, 0) is 57.9 Å². The molecule has 1 aromatic carbocycles.